The van der Waals surface area contributed by atoms with Crippen molar-refractivity contribution in [3.05, 3.63) is 88.7 Å². The molecule has 212 valence electrons. The lowest BCUT2D eigenvalue weighted by Gasteiger charge is -2.33. The van der Waals surface area contributed by atoms with Gasteiger partial charge in [-0.2, -0.15) is 0 Å². The second kappa shape index (κ2) is 12.4. The molecule has 40 heavy (non-hydrogen) atoms. The van der Waals surface area contributed by atoms with Gasteiger partial charge in [0.1, 0.15) is 5.75 Å². The maximum Gasteiger partial charge on any atom is 0.241 e. The summed E-state index contributed by atoms with van der Waals surface area (Å²) in [5, 5.41) is 3.16. The molecule has 0 aromatic heterocycles. The molecule has 0 aliphatic carbocycles. The second-order valence-corrected chi connectivity index (χ2v) is 11.0. The molecule has 5 nitrogen and oxygen atoms in total. The molecule has 1 unspecified atom stereocenters. The number of ether oxygens (including phenoxy) is 1. The van der Waals surface area contributed by atoms with Crippen molar-refractivity contribution >= 4 is 11.6 Å². The summed E-state index contributed by atoms with van der Waals surface area (Å²) in [7, 11) is 2.03. The number of aryl methyl sites for hydroxylation is 1. The number of carbonyl (C=O) groups is 1. The molecule has 2 aliphatic heterocycles. The molecule has 0 spiro atoms. The van der Waals surface area contributed by atoms with Crippen LogP contribution in [-0.2, 0) is 11.3 Å². The second-order valence-electron chi connectivity index (χ2n) is 11.0. The van der Waals surface area contributed by atoms with Crippen LogP contribution < -0.4 is 10.1 Å². The third-order valence-corrected chi connectivity index (χ3v) is 8.18. The lowest BCUT2D eigenvalue weighted by Crippen LogP contribution is -2.44. The molecule has 0 radical (unpaired) electrons. The van der Waals surface area contributed by atoms with E-state index >= 15 is 0 Å². The Balaban J connectivity index is 1.15. The van der Waals surface area contributed by atoms with Gasteiger partial charge in [0.15, 0.2) is 23.2 Å². The van der Waals surface area contributed by atoms with E-state index in [1.165, 1.54) is 11.1 Å². The first kappa shape index (κ1) is 28.2. The van der Waals surface area contributed by atoms with Crippen LogP contribution in [-0.4, -0.2) is 48.4 Å². The van der Waals surface area contributed by atoms with Crippen LogP contribution in [0.25, 0.3) is 0 Å². The summed E-state index contributed by atoms with van der Waals surface area (Å²) in [5.41, 5.74) is 4.52. The minimum absolute atomic E-state index is 0.0607. The van der Waals surface area contributed by atoms with Crippen molar-refractivity contribution in [3.8, 4) is 11.5 Å². The molecule has 1 amide bonds. The van der Waals surface area contributed by atoms with Gasteiger partial charge in [0.25, 0.3) is 0 Å². The number of hydrogen-bond acceptors (Lipinski definition) is 4. The number of piperidine rings is 2. The lowest BCUT2D eigenvalue weighted by molar-refractivity contribution is -0.121. The van der Waals surface area contributed by atoms with E-state index in [0.29, 0.717) is 23.8 Å². The van der Waals surface area contributed by atoms with Crippen LogP contribution in [0.15, 0.2) is 54.6 Å². The number of likely N-dealkylation sites (tertiary alicyclic amines) is 2. The maximum atomic E-state index is 13.9. The highest BCUT2D eigenvalue weighted by Crippen LogP contribution is 2.33. The largest absolute Gasteiger partial charge is 0.454 e. The number of likely N-dealkylation sites (N-methyl/N-ethyl adjacent to an activating group) is 1. The smallest absolute Gasteiger partial charge is 0.241 e. The topological polar surface area (TPSA) is 44.8 Å². The summed E-state index contributed by atoms with van der Waals surface area (Å²) in [6, 6.07) is 14.6. The molecular weight excluding hydrogens is 515 g/mol. The quantitative estimate of drug-likeness (QED) is 0.321. The summed E-state index contributed by atoms with van der Waals surface area (Å²) in [5.74, 6) is -2.84. The SMILES string of the molecule is Cc1ccc(NC(=O)C2CCCCN2C)cc1C1CCN(Cc2ccc(Oc3cc(F)c(F)cc3F)cc2)CC1. The Morgan fingerprint density at radius 3 is 2.35 bits per heavy atom. The summed E-state index contributed by atoms with van der Waals surface area (Å²) in [6.45, 7) is 5.78. The van der Waals surface area contributed by atoms with Crippen LogP contribution in [0.5, 0.6) is 11.5 Å². The Morgan fingerprint density at radius 1 is 0.900 bits per heavy atom. The molecule has 3 aromatic rings. The van der Waals surface area contributed by atoms with E-state index in [0.717, 1.165) is 69.5 Å². The van der Waals surface area contributed by atoms with Crippen molar-refractivity contribution in [1.82, 2.24) is 9.80 Å². The Hall–Kier alpha value is -3.36. The number of anilines is 1. The van der Waals surface area contributed by atoms with Gasteiger partial charge in [0.05, 0.1) is 6.04 Å². The van der Waals surface area contributed by atoms with E-state index in [1.807, 2.05) is 25.2 Å². The van der Waals surface area contributed by atoms with Crippen LogP contribution in [0.2, 0.25) is 0 Å². The van der Waals surface area contributed by atoms with Gasteiger partial charge in [-0.15, -0.1) is 0 Å². The first-order valence-corrected chi connectivity index (χ1v) is 14.0. The number of nitrogens with one attached hydrogen (secondary N) is 1. The van der Waals surface area contributed by atoms with Gasteiger partial charge in [-0.05, 0) is 106 Å². The van der Waals surface area contributed by atoms with Crippen molar-refractivity contribution in [2.75, 3.05) is 32.0 Å². The third-order valence-electron chi connectivity index (χ3n) is 8.18. The van der Waals surface area contributed by atoms with E-state index in [2.05, 4.69) is 34.2 Å². The zero-order valence-corrected chi connectivity index (χ0v) is 23.1. The summed E-state index contributed by atoms with van der Waals surface area (Å²) < 4.78 is 45.9. The number of hydrogen-bond donors (Lipinski definition) is 1. The van der Waals surface area contributed by atoms with Crippen molar-refractivity contribution in [3.63, 3.8) is 0 Å². The predicted octanol–water partition coefficient (Wildman–Crippen LogP) is 7.01. The fourth-order valence-electron chi connectivity index (χ4n) is 5.82. The summed E-state index contributed by atoms with van der Waals surface area (Å²) in [4.78, 5) is 17.5. The zero-order valence-electron chi connectivity index (χ0n) is 23.1. The highest BCUT2D eigenvalue weighted by molar-refractivity contribution is 5.95. The molecule has 5 rings (SSSR count). The van der Waals surface area contributed by atoms with Crippen molar-refractivity contribution < 1.29 is 22.7 Å². The average Bonchev–Trinajstić information content (AvgIpc) is 2.94. The standard InChI is InChI=1S/C32H36F3N3O2/c1-21-6-9-24(36-32(39)30-5-3-4-14-37(30)2)17-26(21)23-12-15-38(16-13-23)20-22-7-10-25(11-8-22)40-31-19-28(34)27(33)18-29(31)35/h6-11,17-19,23,30H,3-5,12-16,20H2,1-2H3,(H,36,39). The fourth-order valence-corrected chi connectivity index (χ4v) is 5.82. The molecule has 1 N–H and O–H groups in total. The molecule has 1 atom stereocenters. The highest BCUT2D eigenvalue weighted by atomic mass is 19.2. The monoisotopic (exact) mass is 551 g/mol. The number of nitrogens with zero attached hydrogens (tertiary/aromatic N) is 2. The van der Waals surface area contributed by atoms with Gasteiger partial charge in [-0.25, -0.2) is 13.2 Å². The minimum Gasteiger partial charge on any atom is -0.454 e. The van der Waals surface area contributed by atoms with Crippen LogP contribution >= 0.6 is 0 Å². The van der Waals surface area contributed by atoms with E-state index in [4.69, 9.17) is 4.74 Å². The number of amides is 1. The van der Waals surface area contributed by atoms with Crippen LogP contribution in [0.3, 0.4) is 0 Å². The van der Waals surface area contributed by atoms with Crippen LogP contribution in [0, 0.1) is 24.4 Å². The van der Waals surface area contributed by atoms with Crippen molar-refractivity contribution in [2.24, 2.45) is 0 Å². The van der Waals surface area contributed by atoms with Gasteiger partial charge in [-0.3, -0.25) is 14.6 Å². The van der Waals surface area contributed by atoms with E-state index < -0.39 is 17.5 Å². The van der Waals surface area contributed by atoms with E-state index in [9.17, 15) is 18.0 Å². The van der Waals surface area contributed by atoms with E-state index in [-0.39, 0.29) is 17.7 Å². The molecule has 3 aromatic carbocycles. The Bertz CT molecular complexity index is 1340. The van der Waals surface area contributed by atoms with Crippen molar-refractivity contribution in [1.29, 1.82) is 0 Å². The molecule has 2 aliphatic rings. The first-order valence-electron chi connectivity index (χ1n) is 14.0. The Morgan fingerprint density at radius 2 is 1.62 bits per heavy atom. The van der Waals surface area contributed by atoms with Gasteiger partial charge in [0.2, 0.25) is 5.91 Å². The number of carbonyl (C=O) groups excluding carboxylic acids is 1. The number of rotatable bonds is 7. The Labute approximate surface area is 233 Å². The molecule has 0 saturated carbocycles. The summed E-state index contributed by atoms with van der Waals surface area (Å²) >= 11 is 0. The normalized spacial score (nSPS) is 19.0. The number of benzene rings is 3. The molecular formula is C32H36F3N3O2. The molecule has 8 heteroatoms. The average molecular weight is 552 g/mol. The highest BCUT2D eigenvalue weighted by Gasteiger charge is 2.27. The first-order chi connectivity index (χ1) is 19.3. The maximum absolute atomic E-state index is 13.9. The number of halogens is 3. The van der Waals surface area contributed by atoms with Gasteiger partial charge >= 0.3 is 0 Å². The zero-order chi connectivity index (χ0) is 28.2. The van der Waals surface area contributed by atoms with E-state index in [1.54, 1.807) is 12.1 Å². The molecule has 0 bridgehead atoms. The van der Waals surface area contributed by atoms with Gasteiger partial charge in [0, 0.05) is 24.4 Å². The molecule has 2 heterocycles. The Kier molecular flexibility index (Phi) is 8.76. The minimum atomic E-state index is -1.25. The van der Waals surface area contributed by atoms with Crippen LogP contribution in [0.1, 0.15) is 54.7 Å². The third kappa shape index (κ3) is 6.67. The van der Waals surface area contributed by atoms with Gasteiger partial charge in [-0.1, -0.05) is 24.6 Å². The molecule has 2 saturated heterocycles. The van der Waals surface area contributed by atoms with Crippen molar-refractivity contribution in [2.45, 2.75) is 57.5 Å². The molecule has 2 fully saturated rings. The van der Waals surface area contributed by atoms with Gasteiger partial charge < -0.3 is 10.1 Å². The van der Waals surface area contributed by atoms with Crippen LogP contribution in [0.4, 0.5) is 18.9 Å². The lowest BCUT2D eigenvalue weighted by atomic mass is 9.86. The summed E-state index contributed by atoms with van der Waals surface area (Å²) in [6.07, 6.45) is 5.20. The predicted molar refractivity (Wildman–Crippen MR) is 150 cm³/mol. The fraction of sp³-hybridized carbons (Fsp3) is 0.406.